The number of aromatic nitrogens is 1. The van der Waals surface area contributed by atoms with E-state index in [4.69, 9.17) is 18.0 Å². The van der Waals surface area contributed by atoms with Crippen LogP contribution in [0.3, 0.4) is 0 Å². The van der Waals surface area contributed by atoms with Crippen molar-refractivity contribution < 1.29 is 8.42 Å². The molecule has 0 spiro atoms. The smallest absolute Gasteiger partial charge is 0.245 e. The molecule has 0 aromatic carbocycles. The average Bonchev–Trinajstić information content (AvgIpc) is 2.35. The van der Waals surface area contributed by atoms with Gasteiger partial charge in [-0.25, -0.2) is 8.42 Å². The van der Waals surface area contributed by atoms with E-state index in [2.05, 4.69) is 4.98 Å². The third-order valence-electron chi connectivity index (χ3n) is 2.55. The number of rotatable bonds is 6. The maximum atomic E-state index is 12.4. The normalized spacial score (nSPS) is 12.1. The summed E-state index contributed by atoms with van der Waals surface area (Å²) in [7, 11) is 1.65. The molecule has 0 bridgehead atoms. The lowest BCUT2D eigenvalue weighted by Gasteiger charge is -2.20. The molecule has 1 aromatic rings. The number of sulfonamides is 1. The zero-order chi connectivity index (χ0) is 14.6. The van der Waals surface area contributed by atoms with Crippen molar-refractivity contribution in [1.29, 1.82) is 0 Å². The summed E-state index contributed by atoms with van der Waals surface area (Å²) in [6.07, 6.45) is 1.47. The second-order valence-electron chi connectivity index (χ2n) is 4.34. The Labute approximate surface area is 119 Å². The maximum Gasteiger partial charge on any atom is 0.245 e. The van der Waals surface area contributed by atoms with Crippen molar-refractivity contribution in [2.75, 3.05) is 34.2 Å². The average molecular weight is 302 g/mol. The molecule has 1 heterocycles. The highest BCUT2D eigenvalue weighted by molar-refractivity contribution is 7.89. The minimum atomic E-state index is -3.63. The van der Waals surface area contributed by atoms with Crippen LogP contribution in [0.5, 0.6) is 0 Å². The fourth-order valence-corrected chi connectivity index (χ4v) is 2.96. The van der Waals surface area contributed by atoms with E-state index >= 15 is 0 Å². The molecule has 106 valence electrons. The van der Waals surface area contributed by atoms with Crippen LogP contribution < -0.4 is 5.73 Å². The van der Waals surface area contributed by atoms with Crippen LogP contribution in [0.2, 0.25) is 0 Å². The van der Waals surface area contributed by atoms with Gasteiger partial charge in [0.1, 0.15) is 15.6 Å². The highest BCUT2D eigenvalue weighted by atomic mass is 32.2. The Balaban J connectivity index is 3.10. The van der Waals surface area contributed by atoms with E-state index in [0.29, 0.717) is 13.1 Å². The molecule has 0 aliphatic rings. The predicted octanol–water partition coefficient (Wildman–Crippen LogP) is -0.102. The Morgan fingerprint density at radius 1 is 1.37 bits per heavy atom. The fourth-order valence-electron chi connectivity index (χ4n) is 1.41. The molecule has 0 fully saturated rings. The van der Waals surface area contributed by atoms with Gasteiger partial charge < -0.3 is 10.6 Å². The summed E-state index contributed by atoms with van der Waals surface area (Å²) in [6, 6.07) is 3.01. The molecule has 2 N–H and O–H groups in total. The minimum absolute atomic E-state index is 0.0276. The second-order valence-corrected chi connectivity index (χ2v) is 6.80. The Morgan fingerprint density at radius 3 is 2.53 bits per heavy atom. The molecule has 6 nitrogen and oxygen atoms in total. The molecule has 0 aliphatic carbocycles. The summed E-state index contributed by atoms with van der Waals surface area (Å²) in [5.74, 6) is 0. The first kappa shape index (κ1) is 16.0. The highest BCUT2D eigenvalue weighted by Gasteiger charge is 2.25. The lowest BCUT2D eigenvalue weighted by atomic mass is 10.3. The number of likely N-dealkylation sites (N-methyl/N-ethyl adjacent to an activating group) is 2. The van der Waals surface area contributed by atoms with Crippen LogP contribution in [-0.4, -0.2) is 61.8 Å². The van der Waals surface area contributed by atoms with Crippen molar-refractivity contribution >= 4 is 27.2 Å². The summed E-state index contributed by atoms with van der Waals surface area (Å²) in [5, 5.41) is 0. The number of hydrogen-bond acceptors (Lipinski definition) is 5. The van der Waals surface area contributed by atoms with Gasteiger partial charge in [-0.3, -0.25) is 4.98 Å². The molecule has 0 atom stereocenters. The summed E-state index contributed by atoms with van der Waals surface area (Å²) in [4.78, 5) is 5.86. The molecule has 0 unspecified atom stereocenters. The van der Waals surface area contributed by atoms with Crippen molar-refractivity contribution in [2.24, 2.45) is 5.73 Å². The molecule has 0 radical (unpaired) electrons. The quantitative estimate of drug-likeness (QED) is 0.739. The lowest BCUT2D eigenvalue weighted by Crippen LogP contribution is -2.34. The van der Waals surface area contributed by atoms with E-state index in [1.54, 1.807) is 6.07 Å². The molecule has 0 aliphatic heterocycles. The molecule has 1 aromatic heterocycles. The molecule has 19 heavy (non-hydrogen) atoms. The first-order valence-electron chi connectivity index (χ1n) is 5.62. The van der Waals surface area contributed by atoms with Crippen LogP contribution >= 0.6 is 12.2 Å². The predicted molar refractivity (Wildman–Crippen MR) is 78.5 cm³/mol. The first-order valence-corrected chi connectivity index (χ1v) is 7.47. The van der Waals surface area contributed by atoms with Gasteiger partial charge in [-0.15, -0.1) is 0 Å². The van der Waals surface area contributed by atoms with Crippen molar-refractivity contribution in [1.82, 2.24) is 14.2 Å². The molecular weight excluding hydrogens is 284 g/mol. The van der Waals surface area contributed by atoms with Gasteiger partial charge in [0, 0.05) is 26.3 Å². The molecule has 0 saturated heterocycles. The summed E-state index contributed by atoms with van der Waals surface area (Å²) in [5.41, 5.74) is 5.64. The van der Waals surface area contributed by atoms with Gasteiger partial charge in [-0.2, -0.15) is 4.31 Å². The lowest BCUT2D eigenvalue weighted by molar-refractivity contribution is 0.358. The van der Waals surface area contributed by atoms with Gasteiger partial charge in [-0.05, 0) is 26.2 Å². The van der Waals surface area contributed by atoms with Crippen molar-refractivity contribution in [3.63, 3.8) is 0 Å². The number of hydrogen-bond donors (Lipinski definition) is 1. The number of thiocarbonyl (C=S) groups is 1. The summed E-state index contributed by atoms with van der Waals surface area (Å²) >= 11 is 4.84. The Hall–Kier alpha value is -1.09. The van der Waals surface area contributed by atoms with E-state index in [-0.39, 0.29) is 15.6 Å². The third-order valence-corrected chi connectivity index (χ3v) is 4.64. The van der Waals surface area contributed by atoms with E-state index in [1.165, 1.54) is 23.6 Å². The van der Waals surface area contributed by atoms with Crippen LogP contribution in [0.25, 0.3) is 0 Å². The van der Waals surface area contributed by atoms with Crippen LogP contribution in [0, 0.1) is 0 Å². The summed E-state index contributed by atoms with van der Waals surface area (Å²) in [6.45, 7) is 0.999. The van der Waals surface area contributed by atoms with E-state index in [9.17, 15) is 8.42 Å². The van der Waals surface area contributed by atoms with Gasteiger partial charge in [0.05, 0.1) is 0 Å². The number of nitrogens with zero attached hydrogens (tertiary/aromatic N) is 3. The molecule has 1 rings (SSSR count). The monoisotopic (exact) mass is 302 g/mol. The Kier molecular flexibility index (Phi) is 5.36. The van der Waals surface area contributed by atoms with Gasteiger partial charge in [-0.1, -0.05) is 12.2 Å². The zero-order valence-electron chi connectivity index (χ0n) is 11.2. The maximum absolute atomic E-state index is 12.4. The minimum Gasteiger partial charge on any atom is -0.388 e. The molecular formula is C11H18N4O2S2. The third kappa shape index (κ3) is 3.93. The topological polar surface area (TPSA) is 79.5 Å². The fraction of sp³-hybridized carbons (Fsp3) is 0.455. The van der Waals surface area contributed by atoms with Gasteiger partial charge in [0.15, 0.2) is 0 Å². The molecule has 0 saturated carbocycles. The largest absolute Gasteiger partial charge is 0.388 e. The summed E-state index contributed by atoms with van der Waals surface area (Å²) < 4.78 is 26.1. The van der Waals surface area contributed by atoms with E-state index in [1.807, 2.05) is 19.0 Å². The van der Waals surface area contributed by atoms with Crippen LogP contribution in [0.4, 0.5) is 0 Å². The van der Waals surface area contributed by atoms with E-state index < -0.39 is 10.0 Å². The number of nitrogens with two attached hydrogens (primary N) is 1. The molecule has 0 amide bonds. The second kappa shape index (κ2) is 6.38. The van der Waals surface area contributed by atoms with Gasteiger partial charge in [0.25, 0.3) is 0 Å². The Bertz CT molecular complexity index is 558. The Morgan fingerprint density at radius 2 is 2.00 bits per heavy atom. The van der Waals surface area contributed by atoms with Gasteiger partial charge in [0.2, 0.25) is 10.0 Å². The van der Waals surface area contributed by atoms with Crippen LogP contribution in [0.15, 0.2) is 23.2 Å². The van der Waals surface area contributed by atoms with E-state index in [0.717, 1.165) is 0 Å². The number of pyridine rings is 1. The van der Waals surface area contributed by atoms with Crippen molar-refractivity contribution in [3.05, 3.63) is 24.0 Å². The van der Waals surface area contributed by atoms with Gasteiger partial charge >= 0.3 is 0 Å². The highest BCUT2D eigenvalue weighted by Crippen LogP contribution is 2.17. The SMILES string of the molecule is CN(C)CCN(C)S(=O)(=O)c1cccnc1C(N)=S. The first-order chi connectivity index (χ1) is 8.76. The van der Waals surface area contributed by atoms with Crippen LogP contribution in [0.1, 0.15) is 5.69 Å². The van der Waals surface area contributed by atoms with Crippen LogP contribution in [-0.2, 0) is 10.0 Å². The van der Waals surface area contributed by atoms with Crippen molar-refractivity contribution in [2.45, 2.75) is 4.90 Å². The standard InChI is InChI=1S/C11H18N4O2S2/c1-14(2)7-8-15(3)19(16,17)9-5-4-6-13-10(9)11(12)18/h4-6H,7-8H2,1-3H3,(H2,12,18). The molecule has 8 heteroatoms. The van der Waals surface area contributed by atoms with Crippen molar-refractivity contribution in [3.8, 4) is 0 Å². The zero-order valence-corrected chi connectivity index (χ0v) is 12.8.